The Morgan fingerprint density at radius 1 is 1.20 bits per heavy atom. The van der Waals surface area contributed by atoms with E-state index in [-0.39, 0.29) is 5.95 Å². The average molecular weight is 272 g/mol. The largest absolute Gasteiger partial charge is 0.368 e. The molecule has 0 aliphatic rings. The third-order valence-electron chi connectivity index (χ3n) is 2.45. The fourth-order valence-corrected chi connectivity index (χ4v) is 1.59. The van der Waals surface area contributed by atoms with Crippen molar-refractivity contribution in [2.45, 2.75) is 6.54 Å². The molecule has 3 N–H and O–H groups in total. The maximum Gasteiger partial charge on any atom is 0.258 e. The molecule has 0 atom stereocenters. The number of rotatable bonds is 5. The first-order chi connectivity index (χ1) is 9.81. The van der Waals surface area contributed by atoms with Crippen molar-refractivity contribution < 1.29 is 0 Å². The summed E-state index contributed by atoms with van der Waals surface area (Å²) in [6.07, 6.45) is 6.49. The third kappa shape index (κ3) is 2.68. The smallest absolute Gasteiger partial charge is 0.258 e. The summed E-state index contributed by atoms with van der Waals surface area (Å²) in [7, 11) is 0. The topological polar surface area (TPSA) is 125 Å². The molecule has 102 valence electrons. The molecule has 0 bridgehead atoms. The summed E-state index contributed by atoms with van der Waals surface area (Å²) in [5, 5.41) is 11.1. The quantitative estimate of drug-likeness (QED) is 0.627. The second kappa shape index (κ2) is 5.30. The second-order valence-electron chi connectivity index (χ2n) is 3.85. The first-order valence-corrected chi connectivity index (χ1v) is 5.89. The number of hydrogen-bond donors (Lipinski definition) is 2. The van der Waals surface area contributed by atoms with Crippen molar-refractivity contribution in [2.24, 2.45) is 0 Å². The van der Waals surface area contributed by atoms with E-state index in [1.165, 1.54) is 17.3 Å². The highest BCUT2D eigenvalue weighted by atomic mass is 15.4. The van der Waals surface area contributed by atoms with Gasteiger partial charge in [0.2, 0.25) is 11.9 Å². The number of nitrogens with one attached hydrogen (secondary N) is 1. The van der Waals surface area contributed by atoms with Gasteiger partial charge in [-0.15, -0.1) is 0 Å². The van der Waals surface area contributed by atoms with Gasteiger partial charge in [0.15, 0.2) is 0 Å². The van der Waals surface area contributed by atoms with E-state index in [4.69, 9.17) is 5.73 Å². The maximum atomic E-state index is 5.65. The molecule has 0 aliphatic heterocycles. The van der Waals surface area contributed by atoms with Gasteiger partial charge in [-0.2, -0.15) is 29.8 Å². The molecular weight excluding hydrogens is 260 g/mol. The van der Waals surface area contributed by atoms with Crippen LogP contribution in [0.5, 0.6) is 0 Å². The Morgan fingerprint density at radius 3 is 2.90 bits per heavy atom. The number of hydrogen-bond acceptors (Lipinski definition) is 8. The Morgan fingerprint density at radius 2 is 2.15 bits per heavy atom. The summed E-state index contributed by atoms with van der Waals surface area (Å²) in [5.74, 6) is 0.818. The van der Waals surface area contributed by atoms with Crippen molar-refractivity contribution in [1.82, 2.24) is 39.5 Å². The van der Waals surface area contributed by atoms with E-state index in [9.17, 15) is 0 Å². The lowest BCUT2D eigenvalue weighted by atomic mass is 10.6. The molecule has 0 radical (unpaired) electrons. The maximum absolute atomic E-state index is 5.65. The van der Waals surface area contributed by atoms with E-state index in [0.29, 0.717) is 25.0 Å². The van der Waals surface area contributed by atoms with Crippen molar-refractivity contribution in [2.75, 3.05) is 17.6 Å². The minimum absolute atomic E-state index is 0.118. The SMILES string of the molecule is Nc1nc(NCCn2cccn2)nc(-n2cncn2)n1. The number of nitrogens with zero attached hydrogens (tertiary/aromatic N) is 8. The second-order valence-corrected chi connectivity index (χ2v) is 3.85. The van der Waals surface area contributed by atoms with Crippen LogP contribution in [-0.2, 0) is 6.54 Å². The first-order valence-electron chi connectivity index (χ1n) is 5.89. The summed E-state index contributed by atoms with van der Waals surface area (Å²) < 4.78 is 3.21. The monoisotopic (exact) mass is 272 g/mol. The van der Waals surface area contributed by atoms with Crippen LogP contribution < -0.4 is 11.1 Å². The van der Waals surface area contributed by atoms with Gasteiger partial charge in [0.25, 0.3) is 5.95 Å². The zero-order valence-electron chi connectivity index (χ0n) is 10.5. The molecule has 3 aromatic heterocycles. The molecule has 0 aromatic carbocycles. The van der Waals surface area contributed by atoms with Crippen LogP contribution in [0.1, 0.15) is 0 Å². The van der Waals surface area contributed by atoms with E-state index in [2.05, 4.69) is 35.5 Å². The Labute approximate surface area is 113 Å². The molecule has 3 rings (SSSR count). The van der Waals surface area contributed by atoms with Crippen LogP contribution in [-0.4, -0.2) is 46.0 Å². The molecular formula is C10H12N10. The van der Waals surface area contributed by atoms with E-state index >= 15 is 0 Å². The highest BCUT2D eigenvalue weighted by Gasteiger charge is 2.06. The molecule has 0 saturated heterocycles. The molecule has 0 saturated carbocycles. The van der Waals surface area contributed by atoms with Crippen LogP contribution in [0.3, 0.4) is 0 Å². The average Bonchev–Trinajstić information content (AvgIpc) is 3.11. The minimum atomic E-state index is 0.118. The van der Waals surface area contributed by atoms with Gasteiger partial charge in [0, 0.05) is 18.9 Å². The van der Waals surface area contributed by atoms with Gasteiger partial charge in [0.1, 0.15) is 12.7 Å². The standard InChI is InChI=1S/C10H12N10/c11-8-16-9(13-3-5-19-4-1-2-14-19)18-10(17-8)20-7-12-6-15-20/h1-2,4,6-7H,3,5H2,(H3,11,13,16,17,18). The summed E-state index contributed by atoms with van der Waals surface area (Å²) in [5.41, 5.74) is 5.65. The predicted octanol–water partition coefficient (Wildman–Crippen LogP) is -0.657. The Kier molecular flexibility index (Phi) is 3.18. The van der Waals surface area contributed by atoms with E-state index in [1.54, 1.807) is 10.9 Å². The fraction of sp³-hybridized carbons (Fsp3) is 0.200. The molecule has 10 heteroatoms. The normalized spacial score (nSPS) is 10.6. The molecule has 3 aromatic rings. The Bertz CT molecular complexity index is 659. The molecule has 0 unspecified atom stereocenters. The van der Waals surface area contributed by atoms with E-state index < -0.39 is 0 Å². The lowest BCUT2D eigenvalue weighted by Gasteiger charge is -2.07. The van der Waals surface area contributed by atoms with Crippen molar-refractivity contribution in [3.63, 3.8) is 0 Å². The van der Waals surface area contributed by atoms with E-state index in [0.717, 1.165) is 0 Å². The van der Waals surface area contributed by atoms with Crippen molar-refractivity contribution >= 4 is 11.9 Å². The van der Waals surface area contributed by atoms with Gasteiger partial charge in [-0.3, -0.25) is 4.68 Å². The van der Waals surface area contributed by atoms with Crippen LogP contribution in [0.4, 0.5) is 11.9 Å². The van der Waals surface area contributed by atoms with Crippen LogP contribution in [0.2, 0.25) is 0 Å². The predicted molar refractivity (Wildman–Crippen MR) is 69.9 cm³/mol. The third-order valence-corrected chi connectivity index (χ3v) is 2.45. The van der Waals surface area contributed by atoms with Crippen molar-refractivity contribution in [3.05, 3.63) is 31.1 Å². The van der Waals surface area contributed by atoms with Crippen molar-refractivity contribution in [1.29, 1.82) is 0 Å². The van der Waals surface area contributed by atoms with Crippen LogP contribution >= 0.6 is 0 Å². The lowest BCUT2D eigenvalue weighted by molar-refractivity contribution is 0.635. The zero-order chi connectivity index (χ0) is 13.8. The molecule has 0 aliphatic carbocycles. The highest BCUT2D eigenvalue weighted by Crippen LogP contribution is 2.05. The molecule has 0 spiro atoms. The van der Waals surface area contributed by atoms with Gasteiger partial charge in [-0.05, 0) is 6.07 Å². The Hall–Kier alpha value is -3.04. The summed E-state index contributed by atoms with van der Waals surface area (Å²) in [6, 6.07) is 1.86. The van der Waals surface area contributed by atoms with E-state index in [1.807, 2.05) is 12.3 Å². The molecule has 10 nitrogen and oxygen atoms in total. The zero-order valence-corrected chi connectivity index (χ0v) is 10.5. The van der Waals surface area contributed by atoms with Crippen LogP contribution in [0.25, 0.3) is 5.95 Å². The molecule has 0 amide bonds. The molecule has 3 heterocycles. The number of nitrogens with two attached hydrogens (primary N) is 1. The highest BCUT2D eigenvalue weighted by molar-refractivity contribution is 5.34. The number of anilines is 2. The lowest BCUT2D eigenvalue weighted by Crippen LogP contribution is -2.15. The van der Waals surface area contributed by atoms with Crippen LogP contribution in [0.15, 0.2) is 31.1 Å². The fourth-order valence-electron chi connectivity index (χ4n) is 1.59. The summed E-state index contributed by atoms with van der Waals surface area (Å²) in [4.78, 5) is 16.1. The molecule has 0 fully saturated rings. The minimum Gasteiger partial charge on any atom is -0.368 e. The van der Waals surface area contributed by atoms with Gasteiger partial charge in [-0.25, -0.2) is 4.98 Å². The Balaban J connectivity index is 1.70. The number of aromatic nitrogens is 8. The number of nitrogen functional groups attached to an aromatic ring is 1. The summed E-state index contributed by atoms with van der Waals surface area (Å²) >= 11 is 0. The van der Waals surface area contributed by atoms with Crippen LogP contribution in [0, 0.1) is 0 Å². The summed E-state index contributed by atoms with van der Waals surface area (Å²) in [6.45, 7) is 1.30. The van der Waals surface area contributed by atoms with Gasteiger partial charge >= 0.3 is 0 Å². The van der Waals surface area contributed by atoms with Gasteiger partial charge < -0.3 is 11.1 Å². The first kappa shape index (κ1) is 12.0. The van der Waals surface area contributed by atoms with Crippen molar-refractivity contribution in [3.8, 4) is 5.95 Å². The van der Waals surface area contributed by atoms with Gasteiger partial charge in [0.05, 0.1) is 6.54 Å². The van der Waals surface area contributed by atoms with Gasteiger partial charge in [-0.1, -0.05) is 0 Å². The molecule has 20 heavy (non-hydrogen) atoms.